The van der Waals surface area contributed by atoms with Crippen molar-refractivity contribution < 1.29 is 19.6 Å². The van der Waals surface area contributed by atoms with Gasteiger partial charge in [-0.25, -0.2) is 0 Å². The van der Waals surface area contributed by atoms with Crippen molar-refractivity contribution in [1.29, 1.82) is 0 Å². The molecule has 0 aliphatic heterocycles. The molecule has 0 saturated heterocycles. The Bertz CT molecular complexity index is 486. The van der Waals surface area contributed by atoms with E-state index in [9.17, 15) is 20.0 Å². The van der Waals surface area contributed by atoms with Gasteiger partial charge in [0.15, 0.2) is 17.8 Å². The highest BCUT2D eigenvalue weighted by Gasteiger charge is 2.23. The number of phenols is 1. The number of nitro benzene ring substituents is 1. The van der Waals surface area contributed by atoms with E-state index in [1.807, 2.05) is 0 Å². The molecule has 0 aromatic heterocycles. The first-order valence-corrected chi connectivity index (χ1v) is 4.79. The Hall–Kier alpha value is -2.08. The van der Waals surface area contributed by atoms with Crippen LogP contribution in [0.4, 0.5) is 5.69 Å². The number of ether oxygens (including phenoxy) is 1. The minimum atomic E-state index is -0.782. The number of carbonyl (C=O) groups excluding carboxylic acids is 1. The van der Waals surface area contributed by atoms with E-state index in [2.05, 4.69) is 6.58 Å². The number of nitro groups is 1. The summed E-state index contributed by atoms with van der Waals surface area (Å²) >= 11 is 5.64. The standard InChI is InChI=1S/C10H8ClNO5/c1-2-3-17-8-4-7(12(15)16)6(5-13)9(11)10(8)14/h2,4-5,14H,1,3H2. The van der Waals surface area contributed by atoms with Crippen molar-refractivity contribution in [1.82, 2.24) is 0 Å². The number of rotatable bonds is 5. The van der Waals surface area contributed by atoms with Crippen LogP contribution in [0.2, 0.25) is 5.02 Å². The van der Waals surface area contributed by atoms with E-state index in [0.717, 1.165) is 6.07 Å². The van der Waals surface area contributed by atoms with E-state index >= 15 is 0 Å². The molecule has 17 heavy (non-hydrogen) atoms. The van der Waals surface area contributed by atoms with Gasteiger partial charge in [-0.2, -0.15) is 0 Å². The van der Waals surface area contributed by atoms with Gasteiger partial charge in [-0.05, 0) is 0 Å². The molecule has 1 rings (SSSR count). The van der Waals surface area contributed by atoms with Crippen LogP contribution >= 0.6 is 11.6 Å². The first-order chi connectivity index (χ1) is 8.02. The summed E-state index contributed by atoms with van der Waals surface area (Å²) in [6.45, 7) is 3.43. The van der Waals surface area contributed by atoms with Crippen LogP contribution in [0.25, 0.3) is 0 Å². The lowest BCUT2D eigenvalue weighted by molar-refractivity contribution is -0.385. The number of hydrogen-bond acceptors (Lipinski definition) is 5. The Morgan fingerprint density at radius 2 is 2.29 bits per heavy atom. The molecular weight excluding hydrogens is 250 g/mol. The second kappa shape index (κ2) is 5.31. The van der Waals surface area contributed by atoms with E-state index in [1.54, 1.807) is 0 Å². The molecule has 0 fully saturated rings. The summed E-state index contributed by atoms with van der Waals surface area (Å²) in [7, 11) is 0. The minimum Gasteiger partial charge on any atom is -0.503 e. The van der Waals surface area contributed by atoms with Crippen LogP contribution in [0, 0.1) is 10.1 Å². The number of hydrogen-bond donors (Lipinski definition) is 1. The molecule has 0 radical (unpaired) electrons. The number of aldehydes is 1. The van der Waals surface area contributed by atoms with Crippen LogP contribution < -0.4 is 4.74 Å². The molecule has 0 heterocycles. The fourth-order valence-corrected chi connectivity index (χ4v) is 1.37. The molecule has 0 spiro atoms. The summed E-state index contributed by atoms with van der Waals surface area (Å²) in [6, 6.07) is 0.939. The summed E-state index contributed by atoms with van der Waals surface area (Å²) in [5, 5.41) is 19.9. The number of benzene rings is 1. The highest BCUT2D eigenvalue weighted by molar-refractivity contribution is 6.35. The van der Waals surface area contributed by atoms with Crippen LogP contribution in [0.1, 0.15) is 10.4 Å². The van der Waals surface area contributed by atoms with Gasteiger partial charge in [-0.15, -0.1) is 0 Å². The Kier molecular flexibility index (Phi) is 4.06. The molecule has 0 unspecified atom stereocenters. The summed E-state index contributed by atoms with van der Waals surface area (Å²) < 4.78 is 4.98. The van der Waals surface area contributed by atoms with Gasteiger partial charge < -0.3 is 9.84 Å². The number of halogens is 1. The van der Waals surface area contributed by atoms with Crippen LogP contribution in [-0.2, 0) is 0 Å². The maximum Gasteiger partial charge on any atom is 0.285 e. The fourth-order valence-electron chi connectivity index (χ4n) is 1.14. The molecular formula is C10H8ClNO5. The van der Waals surface area contributed by atoms with Crippen LogP contribution in [-0.4, -0.2) is 22.9 Å². The van der Waals surface area contributed by atoms with E-state index < -0.39 is 21.4 Å². The molecule has 90 valence electrons. The number of aromatic hydroxyl groups is 1. The molecule has 1 aromatic carbocycles. The van der Waals surface area contributed by atoms with Crippen molar-refractivity contribution >= 4 is 23.6 Å². The highest BCUT2D eigenvalue weighted by atomic mass is 35.5. The maximum atomic E-state index is 10.7. The van der Waals surface area contributed by atoms with Gasteiger partial charge in [0, 0.05) is 0 Å². The van der Waals surface area contributed by atoms with Crippen molar-refractivity contribution in [3.05, 3.63) is 39.4 Å². The lowest BCUT2D eigenvalue weighted by Crippen LogP contribution is -1.99. The predicted molar refractivity (Wildman–Crippen MR) is 60.9 cm³/mol. The quantitative estimate of drug-likeness (QED) is 0.378. The molecule has 0 amide bonds. The van der Waals surface area contributed by atoms with Crippen molar-refractivity contribution in [3.63, 3.8) is 0 Å². The van der Waals surface area contributed by atoms with Gasteiger partial charge >= 0.3 is 0 Å². The van der Waals surface area contributed by atoms with Crippen molar-refractivity contribution in [2.45, 2.75) is 0 Å². The van der Waals surface area contributed by atoms with Crippen molar-refractivity contribution in [2.24, 2.45) is 0 Å². The number of carbonyl (C=O) groups is 1. The molecule has 0 saturated carbocycles. The Morgan fingerprint density at radius 1 is 1.65 bits per heavy atom. The van der Waals surface area contributed by atoms with E-state index in [-0.39, 0.29) is 24.2 Å². The third-order valence-electron chi connectivity index (χ3n) is 1.89. The molecule has 7 heteroatoms. The summed E-state index contributed by atoms with van der Waals surface area (Å²) in [5.74, 6) is -0.687. The van der Waals surface area contributed by atoms with Gasteiger partial charge in [0.05, 0.1) is 11.0 Å². The Morgan fingerprint density at radius 3 is 2.76 bits per heavy atom. The van der Waals surface area contributed by atoms with Gasteiger partial charge in [0.1, 0.15) is 17.2 Å². The Balaban J connectivity index is 3.40. The Labute approximate surface area is 101 Å². The summed E-state index contributed by atoms with van der Waals surface area (Å²) in [6.07, 6.45) is 1.60. The third kappa shape index (κ3) is 2.54. The summed E-state index contributed by atoms with van der Waals surface area (Å²) in [4.78, 5) is 20.6. The molecule has 0 bridgehead atoms. The maximum absolute atomic E-state index is 10.7. The normalized spacial score (nSPS) is 9.71. The van der Waals surface area contributed by atoms with E-state index in [4.69, 9.17) is 16.3 Å². The van der Waals surface area contributed by atoms with Gasteiger partial charge in [0.2, 0.25) is 0 Å². The molecule has 1 aromatic rings. The third-order valence-corrected chi connectivity index (χ3v) is 2.28. The van der Waals surface area contributed by atoms with E-state index in [1.165, 1.54) is 6.08 Å². The van der Waals surface area contributed by atoms with E-state index in [0.29, 0.717) is 0 Å². The first kappa shape index (κ1) is 13.0. The minimum absolute atomic E-state index is 0.0431. The molecule has 0 atom stereocenters. The average molecular weight is 258 g/mol. The second-order valence-corrected chi connectivity index (χ2v) is 3.32. The zero-order valence-corrected chi connectivity index (χ0v) is 9.31. The van der Waals surface area contributed by atoms with Crippen molar-refractivity contribution in [2.75, 3.05) is 6.61 Å². The van der Waals surface area contributed by atoms with Crippen LogP contribution in [0.5, 0.6) is 11.5 Å². The monoisotopic (exact) mass is 257 g/mol. The first-order valence-electron chi connectivity index (χ1n) is 4.41. The molecule has 0 aliphatic carbocycles. The number of phenolic OH excluding ortho intramolecular Hbond substituents is 1. The van der Waals surface area contributed by atoms with Gasteiger partial charge in [0.25, 0.3) is 5.69 Å². The topological polar surface area (TPSA) is 89.7 Å². The van der Waals surface area contributed by atoms with Crippen molar-refractivity contribution in [3.8, 4) is 11.5 Å². The van der Waals surface area contributed by atoms with Crippen LogP contribution in [0.3, 0.4) is 0 Å². The zero-order chi connectivity index (χ0) is 13.0. The smallest absolute Gasteiger partial charge is 0.285 e. The zero-order valence-electron chi connectivity index (χ0n) is 8.55. The molecule has 0 aliphatic rings. The summed E-state index contributed by atoms with van der Waals surface area (Å²) in [5.41, 5.74) is -0.915. The highest BCUT2D eigenvalue weighted by Crippen LogP contribution is 2.41. The lowest BCUT2D eigenvalue weighted by atomic mass is 10.1. The lowest BCUT2D eigenvalue weighted by Gasteiger charge is -2.08. The molecule has 1 N–H and O–H groups in total. The number of nitrogens with zero attached hydrogens (tertiary/aromatic N) is 1. The van der Waals surface area contributed by atoms with Gasteiger partial charge in [-0.1, -0.05) is 24.3 Å². The SMILES string of the molecule is C=CCOc1cc([N+](=O)[O-])c(C=O)c(Cl)c1O. The van der Waals surface area contributed by atoms with Gasteiger partial charge in [-0.3, -0.25) is 14.9 Å². The second-order valence-electron chi connectivity index (χ2n) is 2.94. The predicted octanol–water partition coefficient (Wildman–Crippen LogP) is 2.33. The molecule has 6 nitrogen and oxygen atoms in total. The fraction of sp³-hybridized carbons (Fsp3) is 0.100. The average Bonchev–Trinajstić information content (AvgIpc) is 2.30. The van der Waals surface area contributed by atoms with Crippen LogP contribution in [0.15, 0.2) is 18.7 Å². The largest absolute Gasteiger partial charge is 0.503 e.